The lowest BCUT2D eigenvalue weighted by Gasteiger charge is -2.19. The zero-order chi connectivity index (χ0) is 23.0. The van der Waals surface area contributed by atoms with Crippen molar-refractivity contribution in [2.45, 2.75) is 26.8 Å². The van der Waals surface area contributed by atoms with E-state index >= 15 is 0 Å². The fourth-order valence-corrected chi connectivity index (χ4v) is 4.41. The third-order valence-corrected chi connectivity index (χ3v) is 6.10. The van der Waals surface area contributed by atoms with Crippen LogP contribution in [0.5, 0.6) is 0 Å². The van der Waals surface area contributed by atoms with Gasteiger partial charge in [0, 0.05) is 16.6 Å². The topological polar surface area (TPSA) is 101 Å². The van der Waals surface area contributed by atoms with Gasteiger partial charge in [-0.1, -0.05) is 41.5 Å². The number of benzene rings is 2. The van der Waals surface area contributed by atoms with Gasteiger partial charge in [0.1, 0.15) is 16.7 Å². The van der Waals surface area contributed by atoms with Crippen LogP contribution in [0.25, 0.3) is 21.6 Å². The van der Waals surface area contributed by atoms with Crippen molar-refractivity contribution in [3.8, 4) is 11.4 Å². The van der Waals surface area contributed by atoms with Crippen LogP contribution in [0.4, 0.5) is 5.69 Å². The van der Waals surface area contributed by atoms with Gasteiger partial charge in [-0.2, -0.15) is 0 Å². The van der Waals surface area contributed by atoms with Crippen LogP contribution in [-0.2, 0) is 4.79 Å². The Morgan fingerprint density at radius 3 is 2.47 bits per heavy atom. The number of aryl methyl sites for hydroxylation is 2. The molecule has 0 fully saturated rings. The van der Waals surface area contributed by atoms with Crippen LogP contribution >= 0.6 is 11.3 Å². The summed E-state index contributed by atoms with van der Waals surface area (Å²) in [5.41, 5.74) is 2.63. The molecular weight excluding hydrogens is 426 g/mol. The zero-order valence-corrected chi connectivity index (χ0v) is 18.6. The first kappa shape index (κ1) is 21.5. The molecule has 2 heterocycles. The molecule has 4 aromatic rings. The van der Waals surface area contributed by atoms with Crippen LogP contribution < -0.4 is 10.9 Å². The molecule has 0 saturated heterocycles. The van der Waals surface area contributed by atoms with Gasteiger partial charge < -0.3 is 10.4 Å². The highest BCUT2D eigenvalue weighted by atomic mass is 32.1. The number of hydrogen-bond donors (Lipinski definition) is 2. The normalized spacial score (nSPS) is 12.0. The monoisotopic (exact) mass is 447 g/mol. The number of nitrogens with one attached hydrogen (secondary N) is 1. The average Bonchev–Trinajstić information content (AvgIpc) is 3.19. The summed E-state index contributed by atoms with van der Waals surface area (Å²) in [6, 6.07) is 13.8. The van der Waals surface area contributed by atoms with E-state index in [2.05, 4.69) is 10.3 Å². The number of fused-ring (bicyclic) bond motifs is 1. The second-order valence-electron chi connectivity index (χ2n) is 7.65. The van der Waals surface area contributed by atoms with E-state index in [1.165, 1.54) is 9.95 Å². The molecule has 7 nitrogen and oxygen atoms in total. The summed E-state index contributed by atoms with van der Waals surface area (Å²) in [5.74, 6) is -1.29. The first-order valence-corrected chi connectivity index (χ1v) is 10.9. The molecule has 4 rings (SSSR count). The summed E-state index contributed by atoms with van der Waals surface area (Å²) in [5, 5.41) is 13.8. The molecule has 0 bridgehead atoms. The molecule has 2 N–H and O–H groups in total. The van der Waals surface area contributed by atoms with Gasteiger partial charge >= 0.3 is 5.97 Å². The minimum Gasteiger partial charge on any atom is -0.478 e. The highest BCUT2D eigenvalue weighted by Gasteiger charge is 2.26. The molecule has 8 heteroatoms. The highest BCUT2D eigenvalue weighted by molar-refractivity contribution is 7.17. The van der Waals surface area contributed by atoms with E-state index in [1.807, 2.05) is 50.2 Å². The van der Waals surface area contributed by atoms with E-state index in [9.17, 15) is 19.5 Å². The lowest BCUT2D eigenvalue weighted by Crippen LogP contribution is -2.33. The molecule has 1 amide bonds. The number of nitrogens with zero attached hydrogens (tertiary/aromatic N) is 2. The summed E-state index contributed by atoms with van der Waals surface area (Å²) in [4.78, 5) is 43.2. The van der Waals surface area contributed by atoms with E-state index < -0.39 is 23.5 Å². The molecule has 0 saturated carbocycles. The molecule has 162 valence electrons. The third kappa shape index (κ3) is 3.92. The Morgan fingerprint density at radius 1 is 1.09 bits per heavy atom. The van der Waals surface area contributed by atoms with E-state index in [-0.39, 0.29) is 10.9 Å². The van der Waals surface area contributed by atoms with Gasteiger partial charge in [-0.15, -0.1) is 11.3 Å². The molecule has 0 aliphatic carbocycles. The maximum Gasteiger partial charge on any atom is 0.337 e. The van der Waals surface area contributed by atoms with Crippen LogP contribution in [0, 0.1) is 13.8 Å². The average molecular weight is 448 g/mol. The van der Waals surface area contributed by atoms with Crippen molar-refractivity contribution in [2.24, 2.45) is 0 Å². The molecule has 1 atom stereocenters. The molecule has 0 aliphatic heterocycles. The number of carbonyl (C=O) groups is 2. The lowest BCUT2D eigenvalue weighted by atomic mass is 10.1. The second-order valence-corrected chi connectivity index (χ2v) is 8.50. The number of carboxylic acids is 1. The smallest absolute Gasteiger partial charge is 0.337 e. The molecule has 0 spiro atoms. The first-order valence-electron chi connectivity index (χ1n) is 9.98. The Bertz CT molecular complexity index is 1400. The predicted molar refractivity (Wildman–Crippen MR) is 126 cm³/mol. The predicted octanol–water partition coefficient (Wildman–Crippen LogP) is 4.64. The van der Waals surface area contributed by atoms with Crippen molar-refractivity contribution in [1.29, 1.82) is 0 Å². The van der Waals surface area contributed by atoms with Crippen molar-refractivity contribution in [2.75, 3.05) is 5.32 Å². The first-order chi connectivity index (χ1) is 15.3. The summed E-state index contributed by atoms with van der Waals surface area (Å²) < 4.78 is 1.28. The number of amides is 1. The highest BCUT2D eigenvalue weighted by Crippen LogP contribution is 2.28. The molecule has 32 heavy (non-hydrogen) atoms. The SMILES string of the molecule is Cc1ccc(NC(=O)C(C)n2c(-c3cccc(C)c3)nc3scc(C(=O)O)c3c2=O)cc1. The maximum absolute atomic E-state index is 13.5. The summed E-state index contributed by atoms with van der Waals surface area (Å²) >= 11 is 1.10. The summed E-state index contributed by atoms with van der Waals surface area (Å²) in [6.45, 7) is 5.47. The lowest BCUT2D eigenvalue weighted by molar-refractivity contribution is -0.118. The zero-order valence-electron chi connectivity index (χ0n) is 17.7. The fraction of sp³-hybridized carbons (Fsp3) is 0.167. The molecule has 1 unspecified atom stereocenters. The number of carbonyl (C=O) groups excluding carboxylic acids is 1. The minimum atomic E-state index is -1.21. The van der Waals surface area contributed by atoms with Crippen LogP contribution in [0.3, 0.4) is 0 Å². The van der Waals surface area contributed by atoms with Gasteiger partial charge in [-0.25, -0.2) is 9.78 Å². The fourth-order valence-electron chi connectivity index (χ4n) is 3.51. The van der Waals surface area contributed by atoms with Crippen molar-refractivity contribution in [3.63, 3.8) is 0 Å². The molecular formula is C24H21N3O4S. The summed E-state index contributed by atoms with van der Waals surface area (Å²) in [6.07, 6.45) is 0. The largest absolute Gasteiger partial charge is 0.478 e. The molecule has 0 radical (unpaired) electrons. The van der Waals surface area contributed by atoms with Crippen LogP contribution in [0.15, 0.2) is 58.7 Å². The number of carboxylic acid groups (broad SMARTS) is 1. The van der Waals surface area contributed by atoms with Gasteiger partial charge in [-0.05, 0) is 39.0 Å². The van der Waals surface area contributed by atoms with Gasteiger partial charge in [0.15, 0.2) is 0 Å². The number of aromatic nitrogens is 2. The van der Waals surface area contributed by atoms with Crippen molar-refractivity contribution in [3.05, 3.63) is 81.0 Å². The Balaban J connectivity index is 1.89. The maximum atomic E-state index is 13.5. The van der Waals surface area contributed by atoms with Crippen molar-refractivity contribution < 1.29 is 14.7 Å². The van der Waals surface area contributed by atoms with Crippen LogP contribution in [0.2, 0.25) is 0 Å². The number of aromatic carboxylic acids is 1. The van der Waals surface area contributed by atoms with Gasteiger partial charge in [0.05, 0.1) is 10.9 Å². The quantitative estimate of drug-likeness (QED) is 0.464. The molecule has 2 aromatic carbocycles. The Kier molecular flexibility index (Phi) is 5.63. The van der Waals surface area contributed by atoms with Gasteiger partial charge in [0.25, 0.3) is 5.56 Å². The Labute approximate surface area is 188 Å². The van der Waals surface area contributed by atoms with Gasteiger partial charge in [-0.3, -0.25) is 14.2 Å². The van der Waals surface area contributed by atoms with E-state index in [0.29, 0.717) is 21.9 Å². The number of thiophene rings is 1. The van der Waals surface area contributed by atoms with Gasteiger partial charge in [0.2, 0.25) is 5.91 Å². The number of rotatable bonds is 5. The number of anilines is 1. The Morgan fingerprint density at radius 2 is 1.81 bits per heavy atom. The summed E-state index contributed by atoms with van der Waals surface area (Å²) in [7, 11) is 0. The van der Waals surface area contributed by atoms with Crippen LogP contribution in [-0.4, -0.2) is 26.5 Å². The van der Waals surface area contributed by atoms with E-state index in [0.717, 1.165) is 22.5 Å². The van der Waals surface area contributed by atoms with Crippen LogP contribution in [0.1, 0.15) is 34.5 Å². The third-order valence-electron chi connectivity index (χ3n) is 5.23. The standard InChI is InChI=1S/C24H21N3O4S/c1-13-7-9-17(10-8-13)25-21(28)15(3)27-20(16-6-4-5-14(2)11-16)26-22-19(23(27)29)18(12-32-22)24(30)31/h4-12,15H,1-3H3,(H,25,28)(H,30,31). The second kappa shape index (κ2) is 8.39. The Hall–Kier alpha value is -3.78. The van der Waals surface area contributed by atoms with E-state index in [4.69, 9.17) is 0 Å². The van der Waals surface area contributed by atoms with E-state index in [1.54, 1.807) is 19.1 Å². The van der Waals surface area contributed by atoms with Crippen molar-refractivity contribution >= 4 is 39.1 Å². The minimum absolute atomic E-state index is 0.00823. The molecule has 2 aromatic heterocycles. The van der Waals surface area contributed by atoms with Crippen molar-refractivity contribution in [1.82, 2.24) is 9.55 Å². The number of hydrogen-bond acceptors (Lipinski definition) is 5. The molecule has 0 aliphatic rings.